The molecule has 0 saturated carbocycles. The highest BCUT2D eigenvalue weighted by Gasteiger charge is 2.57. The van der Waals surface area contributed by atoms with Crippen molar-refractivity contribution >= 4 is 29.2 Å². The lowest BCUT2D eigenvalue weighted by Gasteiger charge is -2.27. The molecule has 0 amide bonds. The number of nitrogens with zero attached hydrogens (tertiary/aromatic N) is 1. The third-order valence-corrected chi connectivity index (χ3v) is 7.93. The smallest absolute Gasteiger partial charge is 0.309 e. The van der Waals surface area contributed by atoms with Gasteiger partial charge in [-0.25, -0.2) is 4.98 Å². The Morgan fingerprint density at radius 3 is 2.65 bits per heavy atom. The number of thiazole rings is 1. The summed E-state index contributed by atoms with van der Waals surface area (Å²) < 4.78 is 11.8. The highest BCUT2D eigenvalue weighted by molar-refractivity contribution is 7.09. The fourth-order valence-corrected chi connectivity index (χ4v) is 5.41. The number of ketones is 1. The molecule has 4 N–H and O–H groups in total. The van der Waals surface area contributed by atoms with Crippen LogP contribution in [0.1, 0.15) is 70.5 Å². The number of fused-ring (bicyclic) bond motifs is 1. The summed E-state index contributed by atoms with van der Waals surface area (Å²) in [6.45, 7) is 9.36. The van der Waals surface area contributed by atoms with Crippen LogP contribution >= 0.6 is 11.3 Å². The van der Waals surface area contributed by atoms with Gasteiger partial charge >= 0.3 is 5.97 Å². The van der Waals surface area contributed by atoms with Crippen LogP contribution in [0.4, 0.5) is 0 Å². The van der Waals surface area contributed by atoms with E-state index in [4.69, 9.17) is 15.2 Å². The van der Waals surface area contributed by atoms with Crippen molar-refractivity contribution in [3.63, 3.8) is 0 Å². The molecule has 0 radical (unpaired) electrons. The number of hydrogen-bond donors (Lipinski definition) is 3. The summed E-state index contributed by atoms with van der Waals surface area (Å²) >= 11 is 1.53. The highest BCUT2D eigenvalue weighted by Crippen LogP contribution is 2.44. The Balaban J connectivity index is 1.84. The van der Waals surface area contributed by atoms with Crippen LogP contribution in [0.3, 0.4) is 0 Å². The molecule has 9 heteroatoms. The van der Waals surface area contributed by atoms with Crippen molar-refractivity contribution in [1.29, 1.82) is 0 Å². The van der Waals surface area contributed by atoms with E-state index in [0.717, 1.165) is 35.5 Å². The van der Waals surface area contributed by atoms with E-state index in [1.165, 1.54) is 11.3 Å². The number of aliphatic hydroxyl groups excluding tert-OH is 2. The second-order valence-corrected chi connectivity index (χ2v) is 11.3. The Morgan fingerprint density at radius 1 is 1.29 bits per heavy atom. The van der Waals surface area contributed by atoms with Crippen molar-refractivity contribution in [3.8, 4) is 0 Å². The number of aromatic nitrogens is 1. The molecule has 2 fully saturated rings. The maximum Gasteiger partial charge on any atom is 0.309 e. The number of ether oxygens (including phenoxy) is 2. The number of epoxide rings is 1. The quantitative estimate of drug-likeness (QED) is 0.422. The summed E-state index contributed by atoms with van der Waals surface area (Å²) in [5.41, 5.74) is 7.65. The van der Waals surface area contributed by atoms with Gasteiger partial charge in [0.05, 0.1) is 41.0 Å². The van der Waals surface area contributed by atoms with Crippen LogP contribution in [0.2, 0.25) is 0 Å². The summed E-state index contributed by atoms with van der Waals surface area (Å²) in [5.74, 6) is -1.61. The SMILES string of the molecule is CC(=Cc1csc(C)n1)C1OC(=O)CC(O)CC(=O)C(C)C(O)C(C)CCCC2(C)OC2C1N. The van der Waals surface area contributed by atoms with Gasteiger partial charge in [-0.1, -0.05) is 20.3 Å². The van der Waals surface area contributed by atoms with E-state index in [1.54, 1.807) is 6.92 Å². The zero-order valence-corrected chi connectivity index (χ0v) is 21.5. The maximum absolute atomic E-state index is 12.7. The second kappa shape index (κ2) is 11.0. The molecule has 2 saturated heterocycles. The highest BCUT2D eigenvalue weighted by atomic mass is 32.1. The van der Waals surface area contributed by atoms with E-state index in [0.29, 0.717) is 0 Å². The summed E-state index contributed by atoms with van der Waals surface area (Å²) in [6, 6.07) is -0.598. The average Bonchev–Trinajstić information content (AvgIpc) is 3.26. The van der Waals surface area contributed by atoms with Gasteiger partial charge in [0.2, 0.25) is 0 Å². The number of Topliss-reactive ketones (excluding diaryl/α,β-unsaturated/α-hetero) is 1. The average molecular weight is 495 g/mol. The van der Waals surface area contributed by atoms with Crippen LogP contribution in [0, 0.1) is 18.8 Å². The van der Waals surface area contributed by atoms with E-state index < -0.39 is 41.8 Å². The van der Waals surface area contributed by atoms with Gasteiger partial charge in [0.15, 0.2) is 0 Å². The molecule has 0 spiro atoms. The number of aliphatic hydroxyl groups is 2. The topological polar surface area (TPSA) is 135 Å². The van der Waals surface area contributed by atoms with Gasteiger partial charge in [0.1, 0.15) is 18.0 Å². The van der Waals surface area contributed by atoms with Gasteiger partial charge in [-0.15, -0.1) is 11.3 Å². The molecule has 2 aliphatic rings. The molecule has 8 unspecified atom stereocenters. The molecule has 8 atom stereocenters. The van der Waals surface area contributed by atoms with E-state index in [-0.39, 0.29) is 30.6 Å². The van der Waals surface area contributed by atoms with Crippen molar-refractivity contribution in [2.45, 2.75) is 103 Å². The van der Waals surface area contributed by atoms with Gasteiger partial charge in [-0.2, -0.15) is 0 Å². The summed E-state index contributed by atoms with van der Waals surface area (Å²) in [7, 11) is 0. The van der Waals surface area contributed by atoms with Crippen LogP contribution in [-0.4, -0.2) is 63.0 Å². The van der Waals surface area contributed by atoms with Crippen LogP contribution in [0.15, 0.2) is 11.0 Å². The van der Waals surface area contributed by atoms with Crippen LogP contribution < -0.4 is 5.73 Å². The number of rotatable bonds is 2. The van der Waals surface area contributed by atoms with Crippen LogP contribution in [0.25, 0.3) is 6.08 Å². The van der Waals surface area contributed by atoms with Gasteiger partial charge < -0.3 is 25.4 Å². The lowest BCUT2D eigenvalue weighted by atomic mass is 9.84. The largest absolute Gasteiger partial charge is 0.456 e. The van der Waals surface area contributed by atoms with Gasteiger partial charge in [-0.3, -0.25) is 9.59 Å². The van der Waals surface area contributed by atoms with E-state index in [9.17, 15) is 19.8 Å². The third-order valence-electron chi connectivity index (χ3n) is 7.13. The standard InChI is InChI=1S/C25H38N2O6S/c1-13-7-6-8-25(5)24(33-25)21(26)23(14(2)9-17-12-34-16(4)27-17)32-20(30)11-18(28)10-19(29)15(3)22(13)31/h9,12-13,15,18,21-24,28,31H,6-8,10-11,26H2,1-5H3. The van der Waals surface area contributed by atoms with E-state index >= 15 is 0 Å². The molecule has 0 bridgehead atoms. The van der Waals surface area contributed by atoms with Crippen molar-refractivity contribution in [3.05, 3.63) is 21.7 Å². The van der Waals surface area contributed by atoms with Gasteiger partial charge in [-0.05, 0) is 51.2 Å². The third kappa shape index (κ3) is 6.51. The first-order chi connectivity index (χ1) is 15.9. The summed E-state index contributed by atoms with van der Waals surface area (Å²) in [6.07, 6.45) is 0.553. The van der Waals surface area contributed by atoms with Crippen LogP contribution in [0.5, 0.6) is 0 Å². The number of cyclic esters (lactones) is 1. The predicted octanol–water partition coefficient (Wildman–Crippen LogP) is 2.78. The van der Waals surface area contributed by atoms with Crippen molar-refractivity contribution in [2.75, 3.05) is 0 Å². The number of esters is 1. The molecule has 8 nitrogen and oxygen atoms in total. The Hall–Kier alpha value is -1.65. The molecule has 3 heterocycles. The molecule has 190 valence electrons. The number of nitrogens with two attached hydrogens (primary N) is 1. The maximum atomic E-state index is 12.7. The van der Waals surface area contributed by atoms with Gasteiger partial charge in [0, 0.05) is 17.7 Å². The normalized spacial score (nSPS) is 38.8. The fourth-order valence-electron chi connectivity index (χ4n) is 4.84. The summed E-state index contributed by atoms with van der Waals surface area (Å²) in [5, 5.41) is 23.8. The number of carbonyl (C=O) groups excluding carboxylic acids is 2. The first kappa shape index (κ1) is 26.9. The van der Waals surface area contributed by atoms with E-state index in [1.807, 2.05) is 39.2 Å². The minimum atomic E-state index is -1.19. The predicted molar refractivity (Wildman–Crippen MR) is 130 cm³/mol. The van der Waals surface area contributed by atoms with E-state index in [2.05, 4.69) is 4.98 Å². The van der Waals surface area contributed by atoms with Crippen molar-refractivity contribution in [2.24, 2.45) is 17.6 Å². The zero-order chi connectivity index (χ0) is 25.2. The molecule has 34 heavy (non-hydrogen) atoms. The number of aryl methyl sites for hydroxylation is 1. The Labute approximate surface area is 205 Å². The second-order valence-electron chi connectivity index (χ2n) is 10.2. The zero-order valence-electron chi connectivity index (χ0n) is 20.7. The van der Waals surface area contributed by atoms with Gasteiger partial charge in [0.25, 0.3) is 0 Å². The molecule has 3 rings (SSSR count). The summed E-state index contributed by atoms with van der Waals surface area (Å²) in [4.78, 5) is 29.8. The molecule has 1 aromatic heterocycles. The molecular formula is C25H38N2O6S. The Bertz CT molecular complexity index is 917. The monoisotopic (exact) mass is 494 g/mol. The molecule has 0 aromatic carbocycles. The molecule has 2 aliphatic heterocycles. The minimum Gasteiger partial charge on any atom is -0.456 e. The fraction of sp³-hybridized carbons (Fsp3) is 0.720. The van der Waals surface area contributed by atoms with Crippen molar-refractivity contribution < 1.29 is 29.3 Å². The Kier molecular flexibility index (Phi) is 8.68. The lowest BCUT2D eigenvalue weighted by Crippen LogP contribution is -2.45. The Morgan fingerprint density at radius 2 is 2.00 bits per heavy atom. The number of carbonyl (C=O) groups is 2. The lowest BCUT2D eigenvalue weighted by molar-refractivity contribution is -0.151. The van der Waals surface area contributed by atoms with Crippen LogP contribution in [-0.2, 0) is 19.1 Å². The first-order valence-corrected chi connectivity index (χ1v) is 12.9. The van der Waals surface area contributed by atoms with Crippen molar-refractivity contribution in [1.82, 2.24) is 4.98 Å². The first-order valence-electron chi connectivity index (χ1n) is 12.0. The molecule has 0 aliphatic carbocycles. The molecule has 1 aromatic rings. The number of hydrogen-bond acceptors (Lipinski definition) is 9. The molecular weight excluding hydrogens is 456 g/mol. The minimum absolute atomic E-state index is 0.0806.